The van der Waals surface area contributed by atoms with Gasteiger partial charge in [-0.2, -0.15) is 0 Å². The highest BCUT2D eigenvalue weighted by Gasteiger charge is 2.21. The molecule has 1 heterocycles. The van der Waals surface area contributed by atoms with Gasteiger partial charge in [0.15, 0.2) is 0 Å². The zero-order chi connectivity index (χ0) is 10.1. The van der Waals surface area contributed by atoms with Gasteiger partial charge >= 0.3 is 0 Å². The van der Waals surface area contributed by atoms with E-state index in [0.29, 0.717) is 0 Å². The largest absolute Gasteiger partial charge is 0.373 e. The summed E-state index contributed by atoms with van der Waals surface area (Å²) >= 11 is 3.42. The number of carbonyl (C=O) groups excluding carboxylic acids is 1. The van der Waals surface area contributed by atoms with Crippen molar-refractivity contribution < 1.29 is 4.79 Å². The summed E-state index contributed by atoms with van der Waals surface area (Å²) in [6, 6.07) is 5.77. The lowest BCUT2D eigenvalue weighted by Gasteiger charge is -2.24. The predicted octanol–water partition coefficient (Wildman–Crippen LogP) is 1.66. The van der Waals surface area contributed by atoms with Crippen molar-refractivity contribution in [2.75, 3.05) is 5.32 Å². The average molecular weight is 255 g/mol. The summed E-state index contributed by atoms with van der Waals surface area (Å²) in [5.41, 5.74) is 7.49. The van der Waals surface area contributed by atoms with Crippen molar-refractivity contribution >= 4 is 27.5 Å². The Bertz CT molecular complexity index is 378. The van der Waals surface area contributed by atoms with Crippen molar-refractivity contribution in [2.45, 2.75) is 18.9 Å². The smallest absolute Gasteiger partial charge is 0.239 e. The Labute approximate surface area is 90.8 Å². The minimum absolute atomic E-state index is 0.219. The molecule has 0 saturated heterocycles. The van der Waals surface area contributed by atoms with E-state index in [1.807, 2.05) is 12.1 Å². The van der Waals surface area contributed by atoms with E-state index >= 15 is 0 Å². The van der Waals surface area contributed by atoms with Crippen molar-refractivity contribution in [3.05, 3.63) is 28.2 Å². The van der Waals surface area contributed by atoms with Crippen molar-refractivity contribution in [3.8, 4) is 0 Å². The van der Waals surface area contributed by atoms with Gasteiger partial charge in [-0.25, -0.2) is 0 Å². The SMILES string of the molecule is NC(=O)C1CCc2cc(Br)ccc2N1. The zero-order valence-corrected chi connectivity index (χ0v) is 9.17. The number of carbonyl (C=O) groups is 1. The third-order valence-corrected chi connectivity index (χ3v) is 2.94. The molecule has 1 unspecified atom stereocenters. The molecule has 3 N–H and O–H groups in total. The topological polar surface area (TPSA) is 55.1 Å². The molecule has 0 bridgehead atoms. The molecule has 0 spiro atoms. The Morgan fingerprint density at radius 2 is 2.36 bits per heavy atom. The summed E-state index contributed by atoms with van der Waals surface area (Å²) in [6.45, 7) is 0. The van der Waals surface area contributed by atoms with E-state index in [0.717, 1.165) is 23.0 Å². The average Bonchev–Trinajstić information content (AvgIpc) is 2.16. The lowest BCUT2D eigenvalue weighted by atomic mass is 9.98. The molecule has 0 radical (unpaired) electrons. The Balaban J connectivity index is 2.27. The molecule has 4 heteroatoms. The number of nitrogens with two attached hydrogens (primary N) is 1. The van der Waals surface area contributed by atoms with Gasteiger partial charge in [-0.3, -0.25) is 4.79 Å². The second-order valence-electron chi connectivity index (χ2n) is 3.44. The quantitative estimate of drug-likeness (QED) is 0.801. The summed E-state index contributed by atoms with van der Waals surface area (Å²) in [4.78, 5) is 11.0. The first-order chi connectivity index (χ1) is 6.66. The Morgan fingerprint density at radius 1 is 1.57 bits per heavy atom. The van der Waals surface area contributed by atoms with Crippen LogP contribution in [0.1, 0.15) is 12.0 Å². The molecule has 0 fully saturated rings. The fraction of sp³-hybridized carbons (Fsp3) is 0.300. The number of primary amides is 1. The Hall–Kier alpha value is -1.03. The van der Waals surface area contributed by atoms with Crippen LogP contribution in [0.25, 0.3) is 0 Å². The monoisotopic (exact) mass is 254 g/mol. The van der Waals surface area contributed by atoms with Crippen LogP contribution in [0.5, 0.6) is 0 Å². The number of anilines is 1. The van der Waals surface area contributed by atoms with Gasteiger partial charge in [-0.1, -0.05) is 15.9 Å². The fourth-order valence-corrected chi connectivity index (χ4v) is 2.09. The van der Waals surface area contributed by atoms with E-state index in [1.165, 1.54) is 5.56 Å². The first kappa shape index (κ1) is 9.52. The maximum atomic E-state index is 11.0. The minimum atomic E-state index is -0.279. The zero-order valence-electron chi connectivity index (χ0n) is 7.59. The van der Waals surface area contributed by atoms with E-state index in [1.54, 1.807) is 0 Å². The molecular weight excluding hydrogens is 244 g/mol. The number of aryl methyl sites for hydroxylation is 1. The van der Waals surface area contributed by atoms with Crippen molar-refractivity contribution in [1.29, 1.82) is 0 Å². The van der Waals surface area contributed by atoms with Gasteiger partial charge in [-0.05, 0) is 36.6 Å². The van der Waals surface area contributed by atoms with Crippen LogP contribution in [0.4, 0.5) is 5.69 Å². The maximum Gasteiger partial charge on any atom is 0.239 e. The van der Waals surface area contributed by atoms with E-state index in [4.69, 9.17) is 5.73 Å². The molecule has 74 valence electrons. The van der Waals surface area contributed by atoms with Crippen LogP contribution < -0.4 is 11.1 Å². The van der Waals surface area contributed by atoms with Crippen molar-refractivity contribution in [1.82, 2.24) is 0 Å². The molecule has 1 aromatic carbocycles. The molecule has 1 atom stereocenters. The Kier molecular flexibility index (Phi) is 2.46. The van der Waals surface area contributed by atoms with E-state index in [9.17, 15) is 4.79 Å². The van der Waals surface area contributed by atoms with Gasteiger partial charge in [0.05, 0.1) is 0 Å². The number of hydrogen-bond acceptors (Lipinski definition) is 2. The van der Waals surface area contributed by atoms with Crippen LogP contribution in [0, 0.1) is 0 Å². The number of fused-ring (bicyclic) bond motifs is 1. The van der Waals surface area contributed by atoms with E-state index < -0.39 is 0 Å². The molecule has 0 aliphatic carbocycles. The number of amides is 1. The predicted molar refractivity (Wildman–Crippen MR) is 59.1 cm³/mol. The number of hydrogen-bond donors (Lipinski definition) is 2. The van der Waals surface area contributed by atoms with Crippen LogP contribution in [0.3, 0.4) is 0 Å². The lowest BCUT2D eigenvalue weighted by Crippen LogP contribution is -2.38. The van der Waals surface area contributed by atoms with Crippen LogP contribution in [-0.2, 0) is 11.2 Å². The summed E-state index contributed by atoms with van der Waals surface area (Å²) in [7, 11) is 0. The lowest BCUT2D eigenvalue weighted by molar-refractivity contribution is -0.118. The van der Waals surface area contributed by atoms with Gasteiger partial charge in [0, 0.05) is 10.2 Å². The molecule has 1 aliphatic rings. The highest BCUT2D eigenvalue weighted by atomic mass is 79.9. The molecule has 3 nitrogen and oxygen atoms in total. The molecule has 1 aliphatic heterocycles. The molecule has 0 aromatic heterocycles. The van der Waals surface area contributed by atoms with Crippen LogP contribution in [0.15, 0.2) is 22.7 Å². The number of nitrogens with one attached hydrogen (secondary N) is 1. The van der Waals surface area contributed by atoms with Gasteiger partial charge in [0.25, 0.3) is 0 Å². The van der Waals surface area contributed by atoms with Gasteiger partial charge in [-0.15, -0.1) is 0 Å². The minimum Gasteiger partial charge on any atom is -0.373 e. The highest BCUT2D eigenvalue weighted by molar-refractivity contribution is 9.10. The summed E-state index contributed by atoms with van der Waals surface area (Å²) in [5, 5.41) is 3.13. The van der Waals surface area contributed by atoms with Crippen molar-refractivity contribution in [3.63, 3.8) is 0 Å². The molecule has 2 rings (SSSR count). The molecule has 0 saturated carbocycles. The van der Waals surface area contributed by atoms with Gasteiger partial charge in [0.1, 0.15) is 6.04 Å². The maximum absolute atomic E-state index is 11.0. The first-order valence-corrected chi connectivity index (χ1v) is 5.30. The van der Waals surface area contributed by atoms with Gasteiger partial charge < -0.3 is 11.1 Å². The van der Waals surface area contributed by atoms with Crippen LogP contribution in [-0.4, -0.2) is 11.9 Å². The fourth-order valence-electron chi connectivity index (χ4n) is 1.68. The first-order valence-electron chi connectivity index (χ1n) is 4.51. The third kappa shape index (κ3) is 1.75. The Morgan fingerprint density at radius 3 is 3.07 bits per heavy atom. The van der Waals surface area contributed by atoms with Crippen molar-refractivity contribution in [2.24, 2.45) is 5.73 Å². The highest BCUT2D eigenvalue weighted by Crippen LogP contribution is 2.27. The molecule has 14 heavy (non-hydrogen) atoms. The molecular formula is C10H11BrN2O. The number of halogens is 1. The van der Waals surface area contributed by atoms with Crippen LogP contribution >= 0.6 is 15.9 Å². The summed E-state index contributed by atoms with van der Waals surface area (Å²) in [6.07, 6.45) is 1.67. The second-order valence-corrected chi connectivity index (χ2v) is 4.36. The number of benzene rings is 1. The normalized spacial score (nSPS) is 19.6. The summed E-state index contributed by atoms with van der Waals surface area (Å²) < 4.78 is 1.07. The van der Waals surface area contributed by atoms with Gasteiger partial charge in [0.2, 0.25) is 5.91 Å². The van der Waals surface area contributed by atoms with E-state index in [-0.39, 0.29) is 11.9 Å². The second kappa shape index (κ2) is 3.61. The number of rotatable bonds is 1. The van der Waals surface area contributed by atoms with Crippen LogP contribution in [0.2, 0.25) is 0 Å². The summed E-state index contributed by atoms with van der Waals surface area (Å²) in [5.74, 6) is -0.279. The third-order valence-electron chi connectivity index (χ3n) is 2.44. The molecule has 1 amide bonds. The van der Waals surface area contributed by atoms with E-state index in [2.05, 4.69) is 27.3 Å². The standard InChI is InChI=1S/C10H11BrN2O/c11-7-2-4-8-6(5-7)1-3-9(13-8)10(12)14/h2,4-5,9,13H,1,3H2,(H2,12,14). The molecule has 1 aromatic rings.